The van der Waals surface area contributed by atoms with Crippen molar-refractivity contribution < 1.29 is 29.3 Å². The van der Waals surface area contributed by atoms with Crippen LogP contribution in [-0.4, -0.2) is 33.2 Å². The highest BCUT2D eigenvalue weighted by Crippen LogP contribution is 2.30. The third-order valence-corrected chi connectivity index (χ3v) is 4.31. The zero-order chi connectivity index (χ0) is 22.5. The molecule has 0 atom stereocenters. The third kappa shape index (κ3) is 4.70. The SMILES string of the molecule is Nc1[nH]c(=O)c(C(=O)O)c(-c2ccc(NC(=O)OCc3ccccc3)cc2)c1C(=O)O. The molecule has 1 heterocycles. The van der Waals surface area contributed by atoms with Crippen molar-refractivity contribution in [3.05, 3.63) is 81.6 Å². The lowest BCUT2D eigenvalue weighted by molar-refractivity contribution is 0.0695. The van der Waals surface area contributed by atoms with Crippen molar-refractivity contribution in [2.45, 2.75) is 6.61 Å². The highest BCUT2D eigenvalue weighted by Gasteiger charge is 2.26. The van der Waals surface area contributed by atoms with Gasteiger partial charge < -0.3 is 25.7 Å². The molecule has 10 heteroatoms. The minimum absolute atomic E-state index is 0.0702. The first-order chi connectivity index (χ1) is 14.8. The summed E-state index contributed by atoms with van der Waals surface area (Å²) < 4.78 is 5.11. The number of pyridine rings is 1. The quantitative estimate of drug-likeness (QED) is 0.402. The lowest BCUT2D eigenvalue weighted by atomic mass is 9.95. The molecule has 0 radical (unpaired) electrons. The molecular weight excluding hydrogens is 406 g/mol. The smallest absolute Gasteiger partial charge is 0.411 e. The van der Waals surface area contributed by atoms with E-state index in [0.717, 1.165) is 5.56 Å². The monoisotopic (exact) mass is 423 g/mol. The van der Waals surface area contributed by atoms with E-state index in [-0.39, 0.29) is 17.7 Å². The molecule has 31 heavy (non-hydrogen) atoms. The van der Waals surface area contributed by atoms with E-state index >= 15 is 0 Å². The van der Waals surface area contributed by atoms with Crippen LogP contribution in [0.15, 0.2) is 59.4 Å². The van der Waals surface area contributed by atoms with Crippen LogP contribution < -0.4 is 16.6 Å². The molecule has 10 nitrogen and oxygen atoms in total. The van der Waals surface area contributed by atoms with Crippen molar-refractivity contribution in [3.63, 3.8) is 0 Å². The van der Waals surface area contributed by atoms with Gasteiger partial charge in [-0.25, -0.2) is 14.4 Å². The van der Waals surface area contributed by atoms with E-state index in [9.17, 15) is 29.4 Å². The maximum absolute atomic E-state index is 12.1. The van der Waals surface area contributed by atoms with Crippen molar-refractivity contribution in [1.29, 1.82) is 0 Å². The number of aromatic nitrogens is 1. The van der Waals surface area contributed by atoms with Crippen LogP contribution >= 0.6 is 0 Å². The van der Waals surface area contributed by atoms with E-state index in [1.54, 1.807) is 12.1 Å². The summed E-state index contributed by atoms with van der Waals surface area (Å²) in [4.78, 5) is 49.3. The summed E-state index contributed by atoms with van der Waals surface area (Å²) in [6.07, 6.45) is -0.713. The number of rotatable bonds is 6. The number of anilines is 2. The van der Waals surface area contributed by atoms with E-state index in [1.807, 2.05) is 23.2 Å². The lowest BCUT2D eigenvalue weighted by Gasteiger charge is -2.13. The number of aromatic carboxylic acids is 2. The van der Waals surface area contributed by atoms with Gasteiger partial charge in [-0.2, -0.15) is 0 Å². The average Bonchev–Trinajstić information content (AvgIpc) is 2.72. The molecule has 0 aliphatic rings. The summed E-state index contributed by atoms with van der Waals surface area (Å²) in [5.74, 6) is -3.58. The molecule has 1 aromatic heterocycles. The number of aromatic amines is 1. The van der Waals surface area contributed by atoms with Crippen LogP contribution in [0.5, 0.6) is 0 Å². The molecule has 0 bridgehead atoms. The molecule has 1 amide bonds. The second-order valence-corrected chi connectivity index (χ2v) is 6.37. The van der Waals surface area contributed by atoms with Crippen molar-refractivity contribution in [3.8, 4) is 11.1 Å². The summed E-state index contributed by atoms with van der Waals surface area (Å²) in [5.41, 5.74) is 4.18. The lowest BCUT2D eigenvalue weighted by Crippen LogP contribution is -2.24. The molecular formula is C21H17N3O7. The summed E-state index contributed by atoms with van der Waals surface area (Å²) >= 11 is 0. The Morgan fingerprint density at radius 3 is 2.13 bits per heavy atom. The van der Waals surface area contributed by atoms with Crippen LogP contribution in [0.25, 0.3) is 11.1 Å². The van der Waals surface area contributed by atoms with E-state index in [2.05, 4.69) is 5.32 Å². The van der Waals surface area contributed by atoms with Crippen LogP contribution in [0.2, 0.25) is 0 Å². The number of carbonyl (C=O) groups excluding carboxylic acids is 1. The van der Waals surface area contributed by atoms with Gasteiger partial charge in [0.15, 0.2) is 0 Å². The van der Waals surface area contributed by atoms with Gasteiger partial charge in [-0.3, -0.25) is 10.1 Å². The minimum Gasteiger partial charge on any atom is -0.478 e. The molecule has 0 unspecified atom stereocenters. The zero-order valence-electron chi connectivity index (χ0n) is 15.9. The number of nitrogen functional groups attached to an aromatic ring is 1. The van der Waals surface area contributed by atoms with Crippen LogP contribution in [0, 0.1) is 0 Å². The first-order valence-electron chi connectivity index (χ1n) is 8.88. The highest BCUT2D eigenvalue weighted by molar-refractivity contribution is 6.07. The number of carbonyl (C=O) groups is 3. The Labute approximate surface area is 174 Å². The molecule has 158 valence electrons. The van der Waals surface area contributed by atoms with Crippen molar-refractivity contribution in [2.75, 3.05) is 11.1 Å². The fourth-order valence-electron chi connectivity index (χ4n) is 2.93. The normalized spacial score (nSPS) is 10.3. The molecule has 6 N–H and O–H groups in total. The first-order valence-corrected chi connectivity index (χ1v) is 8.88. The summed E-state index contributed by atoms with van der Waals surface area (Å²) in [6, 6.07) is 14.6. The maximum atomic E-state index is 12.1. The molecule has 2 aromatic carbocycles. The van der Waals surface area contributed by atoms with E-state index in [1.165, 1.54) is 24.3 Å². The number of carboxylic acids is 2. The summed E-state index contributed by atoms with van der Waals surface area (Å²) in [6.45, 7) is 0.0702. The van der Waals surface area contributed by atoms with E-state index in [4.69, 9.17) is 10.5 Å². The molecule has 3 rings (SSSR count). The fraction of sp³-hybridized carbons (Fsp3) is 0.0476. The molecule has 0 saturated heterocycles. The minimum atomic E-state index is -1.61. The third-order valence-electron chi connectivity index (χ3n) is 4.31. The Bertz CT molecular complexity index is 1200. The summed E-state index contributed by atoms with van der Waals surface area (Å²) in [7, 11) is 0. The van der Waals surface area contributed by atoms with E-state index < -0.39 is 40.5 Å². The van der Waals surface area contributed by atoms with Gasteiger partial charge in [0.25, 0.3) is 5.56 Å². The van der Waals surface area contributed by atoms with Gasteiger partial charge in [0.2, 0.25) is 0 Å². The number of ether oxygens (including phenoxy) is 1. The Kier molecular flexibility index (Phi) is 6.01. The Balaban J connectivity index is 1.86. The number of hydrogen-bond donors (Lipinski definition) is 5. The molecule has 3 aromatic rings. The standard InChI is InChI=1S/C21H17N3O7/c22-17-15(19(26)27)14(16(20(28)29)18(25)24-17)12-6-8-13(9-7-12)23-21(30)31-10-11-4-2-1-3-5-11/h1-9H,10H2,(H,23,30)(H,26,27)(H,28,29)(H3,22,24,25). The molecule has 0 saturated carbocycles. The Hall–Kier alpha value is -4.60. The average molecular weight is 423 g/mol. The number of benzene rings is 2. The Morgan fingerprint density at radius 1 is 0.935 bits per heavy atom. The predicted molar refractivity (Wildman–Crippen MR) is 111 cm³/mol. The number of H-pyrrole nitrogens is 1. The predicted octanol–water partition coefficient (Wildman–Crippen LogP) is 2.77. The van der Waals surface area contributed by atoms with Crippen molar-refractivity contribution in [2.24, 2.45) is 0 Å². The zero-order valence-corrected chi connectivity index (χ0v) is 15.9. The van der Waals surface area contributed by atoms with Gasteiger partial charge in [-0.1, -0.05) is 42.5 Å². The summed E-state index contributed by atoms with van der Waals surface area (Å²) in [5, 5.41) is 21.4. The van der Waals surface area contributed by atoms with Crippen LogP contribution in [0.4, 0.5) is 16.3 Å². The van der Waals surface area contributed by atoms with E-state index in [0.29, 0.717) is 5.69 Å². The molecule has 0 fully saturated rings. The van der Waals surface area contributed by atoms with Crippen molar-refractivity contribution in [1.82, 2.24) is 4.98 Å². The number of hydrogen-bond acceptors (Lipinski definition) is 6. The topological polar surface area (TPSA) is 172 Å². The van der Waals surface area contributed by atoms with Crippen LogP contribution in [0.1, 0.15) is 26.3 Å². The van der Waals surface area contributed by atoms with Gasteiger partial charge in [-0.05, 0) is 23.3 Å². The van der Waals surface area contributed by atoms with Gasteiger partial charge in [0, 0.05) is 11.3 Å². The van der Waals surface area contributed by atoms with Gasteiger partial charge >= 0.3 is 18.0 Å². The van der Waals surface area contributed by atoms with Crippen LogP contribution in [0.3, 0.4) is 0 Å². The molecule has 0 spiro atoms. The second-order valence-electron chi connectivity index (χ2n) is 6.37. The number of amides is 1. The van der Waals surface area contributed by atoms with Crippen LogP contribution in [-0.2, 0) is 11.3 Å². The van der Waals surface area contributed by atoms with Crippen molar-refractivity contribution >= 4 is 29.5 Å². The van der Waals surface area contributed by atoms with Gasteiger partial charge in [0.1, 0.15) is 23.6 Å². The molecule has 0 aliphatic heterocycles. The fourth-order valence-corrected chi connectivity index (χ4v) is 2.93. The maximum Gasteiger partial charge on any atom is 0.411 e. The van der Waals surface area contributed by atoms with Gasteiger partial charge in [0.05, 0.1) is 0 Å². The molecule has 0 aliphatic carbocycles. The Morgan fingerprint density at radius 2 is 1.55 bits per heavy atom. The number of nitrogens with two attached hydrogens (primary N) is 1. The van der Waals surface area contributed by atoms with Gasteiger partial charge in [-0.15, -0.1) is 0 Å². The first kappa shape index (κ1) is 21.1. The number of carboxylic acid groups (broad SMARTS) is 2. The number of nitrogens with one attached hydrogen (secondary N) is 2. The largest absolute Gasteiger partial charge is 0.478 e. The highest BCUT2D eigenvalue weighted by atomic mass is 16.5. The second kappa shape index (κ2) is 8.82.